The van der Waals surface area contributed by atoms with Gasteiger partial charge in [0.2, 0.25) is 0 Å². The molecule has 1 aliphatic carbocycles. The average Bonchev–Trinajstić information content (AvgIpc) is 3.23. The van der Waals surface area contributed by atoms with Crippen molar-refractivity contribution >= 4 is 17.2 Å². The second kappa shape index (κ2) is 6.76. The molecule has 0 bridgehead atoms. The van der Waals surface area contributed by atoms with Crippen molar-refractivity contribution in [3.05, 3.63) is 16.1 Å². The Hall–Kier alpha value is -1.15. The van der Waals surface area contributed by atoms with Gasteiger partial charge >= 0.3 is 6.18 Å². The molecular weight excluding hydrogens is 329 g/mol. The smallest absolute Gasteiger partial charge is 0.371 e. The highest BCUT2D eigenvalue weighted by Crippen LogP contribution is 2.36. The molecule has 1 amide bonds. The normalized spacial score (nSPS) is 24.0. The van der Waals surface area contributed by atoms with Gasteiger partial charge < -0.3 is 10.1 Å². The maximum Gasteiger partial charge on any atom is 0.408 e. The number of amides is 1. The number of ether oxygens (including phenoxy) is 1. The van der Waals surface area contributed by atoms with Crippen LogP contribution >= 0.6 is 11.3 Å². The molecule has 4 nitrogen and oxygen atoms in total. The van der Waals surface area contributed by atoms with E-state index < -0.39 is 24.0 Å². The first kappa shape index (κ1) is 16.7. The van der Waals surface area contributed by atoms with E-state index in [9.17, 15) is 18.0 Å². The summed E-state index contributed by atoms with van der Waals surface area (Å²) in [6, 6.07) is -1.79. The van der Waals surface area contributed by atoms with E-state index >= 15 is 0 Å². The summed E-state index contributed by atoms with van der Waals surface area (Å²) in [5.41, 5.74) is 0.0488. The van der Waals surface area contributed by atoms with Crippen molar-refractivity contribution in [3.8, 4) is 0 Å². The molecular formula is C15H19F3N2O2S. The topological polar surface area (TPSA) is 51.2 Å². The fourth-order valence-corrected chi connectivity index (χ4v) is 4.17. The van der Waals surface area contributed by atoms with Crippen LogP contribution < -0.4 is 5.32 Å². The van der Waals surface area contributed by atoms with Crippen LogP contribution in [-0.4, -0.2) is 29.7 Å². The standard InChI is InChI=1S/C15H19F3N2O2S/c16-15(17,18)12(9-4-1-2-5-9)20-13(21)10-8-23-14(19-10)11-6-3-7-22-11/h8-9,11-12H,1-7H2,(H,20,21)/t11-,12+/m1/s1. The number of aromatic nitrogens is 1. The first-order valence-corrected chi connectivity index (χ1v) is 8.77. The van der Waals surface area contributed by atoms with Crippen LogP contribution in [0.25, 0.3) is 0 Å². The summed E-state index contributed by atoms with van der Waals surface area (Å²) < 4.78 is 45.2. The third-order valence-electron chi connectivity index (χ3n) is 4.47. The minimum Gasteiger partial charge on any atom is -0.371 e. The summed E-state index contributed by atoms with van der Waals surface area (Å²) in [7, 11) is 0. The van der Waals surface area contributed by atoms with Crippen LogP contribution in [0.15, 0.2) is 5.38 Å². The van der Waals surface area contributed by atoms with E-state index in [1.54, 1.807) is 0 Å². The van der Waals surface area contributed by atoms with Gasteiger partial charge in [-0.1, -0.05) is 12.8 Å². The summed E-state index contributed by atoms with van der Waals surface area (Å²) in [5, 5.41) is 4.33. The SMILES string of the molecule is O=C(N[C@@H](C1CCCC1)C(F)(F)F)c1csc([C@H]2CCCO2)n1. The lowest BCUT2D eigenvalue weighted by Crippen LogP contribution is -2.49. The zero-order valence-electron chi connectivity index (χ0n) is 12.6. The van der Waals surface area contributed by atoms with Crippen molar-refractivity contribution in [1.82, 2.24) is 10.3 Å². The van der Waals surface area contributed by atoms with Crippen LogP contribution in [0.5, 0.6) is 0 Å². The molecule has 0 radical (unpaired) electrons. The van der Waals surface area contributed by atoms with Crippen molar-refractivity contribution in [2.24, 2.45) is 5.92 Å². The van der Waals surface area contributed by atoms with Crippen LogP contribution in [0.3, 0.4) is 0 Å². The van der Waals surface area contributed by atoms with Crippen LogP contribution in [-0.2, 0) is 4.74 Å². The molecule has 2 heterocycles. The number of carbonyl (C=O) groups excluding carboxylic acids is 1. The van der Waals surface area contributed by atoms with Crippen molar-refractivity contribution < 1.29 is 22.7 Å². The highest BCUT2D eigenvalue weighted by atomic mass is 32.1. The molecule has 1 saturated heterocycles. The van der Waals surface area contributed by atoms with Crippen molar-refractivity contribution in [2.75, 3.05) is 6.61 Å². The molecule has 1 N–H and O–H groups in total. The molecule has 128 valence electrons. The van der Waals surface area contributed by atoms with Crippen LogP contribution in [0.2, 0.25) is 0 Å². The molecule has 0 spiro atoms. The Morgan fingerprint density at radius 1 is 1.30 bits per heavy atom. The van der Waals surface area contributed by atoms with Gasteiger partial charge in [0.15, 0.2) is 0 Å². The van der Waals surface area contributed by atoms with E-state index in [0.29, 0.717) is 24.5 Å². The fraction of sp³-hybridized carbons (Fsp3) is 0.733. The molecule has 0 unspecified atom stereocenters. The highest BCUT2D eigenvalue weighted by molar-refractivity contribution is 7.09. The molecule has 23 heavy (non-hydrogen) atoms. The van der Waals surface area contributed by atoms with E-state index in [0.717, 1.165) is 25.7 Å². The minimum absolute atomic E-state index is 0.0488. The van der Waals surface area contributed by atoms with Crippen LogP contribution in [0.1, 0.15) is 60.1 Å². The number of halogens is 3. The molecule has 0 aromatic carbocycles. The number of rotatable bonds is 4. The van der Waals surface area contributed by atoms with Gasteiger partial charge in [0.05, 0.1) is 0 Å². The van der Waals surface area contributed by atoms with E-state index in [1.807, 2.05) is 0 Å². The summed E-state index contributed by atoms with van der Waals surface area (Å²) in [6.07, 6.45) is -0.218. The third-order valence-corrected chi connectivity index (χ3v) is 5.41. The van der Waals surface area contributed by atoms with Gasteiger partial charge in [-0.05, 0) is 31.6 Å². The van der Waals surface area contributed by atoms with Gasteiger partial charge in [-0.15, -0.1) is 11.3 Å². The maximum absolute atomic E-state index is 13.2. The first-order chi connectivity index (χ1) is 10.9. The molecule has 2 atom stereocenters. The number of carbonyl (C=O) groups is 1. The Kier molecular flexibility index (Phi) is 4.91. The van der Waals surface area contributed by atoms with Crippen LogP contribution in [0.4, 0.5) is 13.2 Å². The molecule has 3 rings (SSSR count). The second-order valence-electron chi connectivity index (χ2n) is 6.11. The zero-order valence-corrected chi connectivity index (χ0v) is 13.4. The predicted octanol–water partition coefficient (Wildman–Crippen LogP) is 3.85. The summed E-state index contributed by atoms with van der Waals surface area (Å²) in [6.45, 7) is 0.656. The Balaban J connectivity index is 1.68. The summed E-state index contributed by atoms with van der Waals surface area (Å²) in [4.78, 5) is 16.3. The molecule has 1 saturated carbocycles. The van der Waals surface area contributed by atoms with E-state index in [4.69, 9.17) is 4.74 Å². The lowest BCUT2D eigenvalue weighted by atomic mass is 9.97. The Labute approximate surface area is 136 Å². The van der Waals surface area contributed by atoms with Gasteiger partial charge in [0, 0.05) is 12.0 Å². The van der Waals surface area contributed by atoms with E-state index in [2.05, 4.69) is 10.3 Å². The highest BCUT2D eigenvalue weighted by Gasteiger charge is 2.46. The van der Waals surface area contributed by atoms with E-state index in [1.165, 1.54) is 16.7 Å². The quantitative estimate of drug-likeness (QED) is 0.899. The number of nitrogens with zero attached hydrogens (tertiary/aromatic N) is 1. The third kappa shape index (κ3) is 3.85. The van der Waals surface area contributed by atoms with Gasteiger partial charge in [-0.2, -0.15) is 13.2 Å². The molecule has 8 heteroatoms. The zero-order chi connectivity index (χ0) is 16.4. The number of nitrogens with one attached hydrogen (secondary N) is 1. The largest absolute Gasteiger partial charge is 0.408 e. The number of hydrogen-bond donors (Lipinski definition) is 1. The number of thiazole rings is 1. The molecule has 1 aliphatic heterocycles. The predicted molar refractivity (Wildman–Crippen MR) is 79.3 cm³/mol. The Bertz CT molecular complexity index is 549. The van der Waals surface area contributed by atoms with Crippen molar-refractivity contribution in [1.29, 1.82) is 0 Å². The van der Waals surface area contributed by atoms with E-state index in [-0.39, 0.29) is 11.8 Å². The monoisotopic (exact) mass is 348 g/mol. The lowest BCUT2D eigenvalue weighted by molar-refractivity contribution is -0.164. The summed E-state index contributed by atoms with van der Waals surface area (Å²) >= 11 is 1.26. The summed E-state index contributed by atoms with van der Waals surface area (Å²) in [5.74, 6) is -1.28. The molecule has 2 fully saturated rings. The first-order valence-electron chi connectivity index (χ1n) is 7.90. The van der Waals surface area contributed by atoms with Gasteiger partial charge in [-0.25, -0.2) is 4.98 Å². The van der Waals surface area contributed by atoms with Crippen molar-refractivity contribution in [3.63, 3.8) is 0 Å². The van der Waals surface area contributed by atoms with Crippen molar-refractivity contribution in [2.45, 2.75) is 56.8 Å². The molecule has 1 aromatic heterocycles. The average molecular weight is 348 g/mol. The van der Waals surface area contributed by atoms with Gasteiger partial charge in [0.25, 0.3) is 5.91 Å². The molecule has 2 aliphatic rings. The second-order valence-corrected chi connectivity index (χ2v) is 7.00. The van der Waals surface area contributed by atoms with Gasteiger partial charge in [-0.3, -0.25) is 4.79 Å². The Morgan fingerprint density at radius 2 is 2.04 bits per heavy atom. The minimum atomic E-state index is -4.43. The Morgan fingerprint density at radius 3 is 2.65 bits per heavy atom. The molecule has 1 aromatic rings. The maximum atomic E-state index is 13.2. The number of hydrogen-bond acceptors (Lipinski definition) is 4. The van der Waals surface area contributed by atoms with Crippen LogP contribution in [0, 0.1) is 5.92 Å². The number of alkyl halides is 3. The van der Waals surface area contributed by atoms with Gasteiger partial charge in [0.1, 0.15) is 22.8 Å². The lowest BCUT2D eigenvalue weighted by Gasteiger charge is -2.26. The fourth-order valence-electron chi connectivity index (χ4n) is 3.29.